The number of carbonyl (C=O) groups is 1. The number of alkyl halides is 3. The van der Waals surface area contributed by atoms with E-state index in [-0.39, 0.29) is 19.0 Å². The first-order chi connectivity index (χ1) is 14.3. The summed E-state index contributed by atoms with van der Waals surface area (Å²) in [6.45, 7) is 0.269. The SMILES string of the molecule is O=C(NCc1ccccc1F)c1cc2sccc2n1Cc1ccc(C(F)(F)F)cc1. The molecule has 2 aromatic heterocycles. The fourth-order valence-corrected chi connectivity index (χ4v) is 4.05. The number of nitrogens with one attached hydrogen (secondary N) is 1. The third kappa shape index (κ3) is 4.09. The molecule has 0 aliphatic carbocycles. The van der Waals surface area contributed by atoms with Gasteiger partial charge in [0, 0.05) is 18.7 Å². The lowest BCUT2D eigenvalue weighted by Crippen LogP contribution is -2.26. The van der Waals surface area contributed by atoms with Gasteiger partial charge in [-0.15, -0.1) is 11.3 Å². The molecule has 2 aromatic carbocycles. The third-order valence-electron chi connectivity index (χ3n) is 4.77. The summed E-state index contributed by atoms with van der Waals surface area (Å²) in [7, 11) is 0. The number of hydrogen-bond acceptors (Lipinski definition) is 2. The molecule has 30 heavy (non-hydrogen) atoms. The summed E-state index contributed by atoms with van der Waals surface area (Å²) in [4.78, 5) is 12.8. The van der Waals surface area contributed by atoms with Crippen LogP contribution in [-0.4, -0.2) is 10.5 Å². The normalized spacial score (nSPS) is 11.7. The van der Waals surface area contributed by atoms with Gasteiger partial charge in [0.15, 0.2) is 0 Å². The first-order valence-electron chi connectivity index (χ1n) is 9.07. The predicted molar refractivity (Wildman–Crippen MR) is 108 cm³/mol. The average molecular weight is 432 g/mol. The smallest absolute Gasteiger partial charge is 0.347 e. The van der Waals surface area contributed by atoms with E-state index in [2.05, 4.69) is 5.32 Å². The van der Waals surface area contributed by atoms with Crippen LogP contribution >= 0.6 is 11.3 Å². The van der Waals surface area contributed by atoms with Gasteiger partial charge in [0.05, 0.1) is 15.8 Å². The van der Waals surface area contributed by atoms with Crippen molar-refractivity contribution in [1.29, 1.82) is 0 Å². The highest BCUT2D eigenvalue weighted by Gasteiger charge is 2.30. The number of nitrogens with zero attached hydrogens (tertiary/aromatic N) is 1. The molecule has 0 atom stereocenters. The van der Waals surface area contributed by atoms with Crippen molar-refractivity contribution in [1.82, 2.24) is 9.88 Å². The van der Waals surface area contributed by atoms with Crippen LogP contribution in [-0.2, 0) is 19.3 Å². The van der Waals surface area contributed by atoms with E-state index in [9.17, 15) is 22.4 Å². The number of hydrogen-bond donors (Lipinski definition) is 1. The van der Waals surface area contributed by atoms with E-state index in [0.29, 0.717) is 16.8 Å². The maximum atomic E-state index is 13.8. The number of rotatable bonds is 5. The van der Waals surface area contributed by atoms with Crippen LogP contribution in [0.15, 0.2) is 66.0 Å². The van der Waals surface area contributed by atoms with Gasteiger partial charge in [0.1, 0.15) is 11.5 Å². The Bertz CT molecular complexity index is 1190. The molecule has 154 valence electrons. The van der Waals surface area contributed by atoms with Crippen molar-refractivity contribution in [2.45, 2.75) is 19.3 Å². The van der Waals surface area contributed by atoms with Crippen LogP contribution in [0.25, 0.3) is 10.2 Å². The predicted octanol–water partition coefficient (Wildman–Crippen LogP) is 5.84. The van der Waals surface area contributed by atoms with Crippen molar-refractivity contribution in [2.75, 3.05) is 0 Å². The fourth-order valence-electron chi connectivity index (χ4n) is 3.23. The number of amides is 1. The van der Waals surface area contributed by atoms with Crippen LogP contribution < -0.4 is 5.32 Å². The highest BCUT2D eigenvalue weighted by atomic mass is 32.1. The second kappa shape index (κ2) is 7.95. The second-order valence-corrected chi connectivity index (χ2v) is 7.70. The molecule has 0 saturated heterocycles. The Hall–Kier alpha value is -3.13. The second-order valence-electron chi connectivity index (χ2n) is 6.75. The fraction of sp³-hybridized carbons (Fsp3) is 0.136. The van der Waals surface area contributed by atoms with Crippen molar-refractivity contribution >= 4 is 27.5 Å². The standard InChI is InChI=1S/C22H16F4N2OS/c23-17-4-2-1-3-15(17)12-27-21(29)19-11-20-18(9-10-30-20)28(19)13-14-5-7-16(8-6-14)22(24,25)26/h1-11H,12-13H2,(H,27,29). The van der Waals surface area contributed by atoms with E-state index in [1.54, 1.807) is 28.8 Å². The monoisotopic (exact) mass is 432 g/mol. The van der Waals surface area contributed by atoms with Crippen molar-refractivity contribution in [3.63, 3.8) is 0 Å². The lowest BCUT2D eigenvalue weighted by molar-refractivity contribution is -0.137. The Morgan fingerprint density at radius 1 is 1.03 bits per heavy atom. The molecule has 0 aliphatic rings. The molecular weight excluding hydrogens is 416 g/mol. The van der Waals surface area contributed by atoms with E-state index in [1.807, 2.05) is 11.4 Å². The molecule has 8 heteroatoms. The molecule has 4 aromatic rings. The quantitative estimate of drug-likeness (QED) is 0.395. The first-order valence-corrected chi connectivity index (χ1v) is 9.95. The number of thiophene rings is 1. The summed E-state index contributed by atoms with van der Waals surface area (Å²) in [6, 6.07) is 14.6. The van der Waals surface area contributed by atoms with Gasteiger partial charge in [-0.2, -0.15) is 13.2 Å². The van der Waals surface area contributed by atoms with Crippen LogP contribution in [0.3, 0.4) is 0 Å². The van der Waals surface area contributed by atoms with E-state index in [0.717, 1.165) is 22.3 Å². The summed E-state index contributed by atoms with van der Waals surface area (Å²) < 4.78 is 54.9. The van der Waals surface area contributed by atoms with E-state index < -0.39 is 17.6 Å². The first kappa shape index (κ1) is 20.2. The van der Waals surface area contributed by atoms with Crippen molar-refractivity contribution in [2.24, 2.45) is 0 Å². The zero-order chi connectivity index (χ0) is 21.3. The maximum Gasteiger partial charge on any atom is 0.416 e. The van der Waals surface area contributed by atoms with Crippen molar-refractivity contribution < 1.29 is 22.4 Å². The summed E-state index contributed by atoms with van der Waals surface area (Å²) >= 11 is 1.46. The topological polar surface area (TPSA) is 34.0 Å². The summed E-state index contributed by atoms with van der Waals surface area (Å²) in [5.74, 6) is -0.785. The Morgan fingerprint density at radius 3 is 2.47 bits per heavy atom. The molecular formula is C22H16F4N2OS. The van der Waals surface area contributed by atoms with Gasteiger partial charge in [-0.25, -0.2) is 4.39 Å². The van der Waals surface area contributed by atoms with Gasteiger partial charge in [-0.1, -0.05) is 30.3 Å². The largest absolute Gasteiger partial charge is 0.416 e. The number of aromatic nitrogens is 1. The van der Waals surface area contributed by atoms with Gasteiger partial charge >= 0.3 is 6.18 Å². The summed E-state index contributed by atoms with van der Waals surface area (Å²) in [5, 5.41) is 4.60. The molecule has 0 spiro atoms. The molecule has 0 unspecified atom stereocenters. The van der Waals surface area contributed by atoms with Crippen LogP contribution in [0, 0.1) is 5.82 Å². The number of carbonyl (C=O) groups excluding carboxylic acids is 1. The third-order valence-corrected chi connectivity index (χ3v) is 5.63. The van der Waals surface area contributed by atoms with Crippen molar-refractivity contribution in [3.05, 3.63) is 94.2 Å². The van der Waals surface area contributed by atoms with Crippen LogP contribution in [0.1, 0.15) is 27.2 Å². The lowest BCUT2D eigenvalue weighted by atomic mass is 10.1. The molecule has 0 radical (unpaired) electrons. The maximum absolute atomic E-state index is 13.8. The van der Waals surface area contributed by atoms with Crippen LogP contribution in [0.4, 0.5) is 17.6 Å². The number of halogens is 4. The minimum Gasteiger partial charge on any atom is -0.347 e. The zero-order valence-corrected chi connectivity index (χ0v) is 16.4. The molecule has 0 bridgehead atoms. The van der Waals surface area contributed by atoms with Gasteiger partial charge in [-0.05, 0) is 41.3 Å². The minimum atomic E-state index is -4.40. The Labute approximate surface area is 173 Å². The van der Waals surface area contributed by atoms with Gasteiger partial charge in [0.2, 0.25) is 0 Å². The van der Waals surface area contributed by atoms with Gasteiger partial charge < -0.3 is 9.88 Å². The van der Waals surface area contributed by atoms with E-state index in [4.69, 9.17) is 0 Å². The molecule has 1 amide bonds. The molecule has 2 heterocycles. The van der Waals surface area contributed by atoms with Gasteiger partial charge in [0.25, 0.3) is 5.91 Å². The molecule has 1 N–H and O–H groups in total. The lowest BCUT2D eigenvalue weighted by Gasteiger charge is -2.12. The van der Waals surface area contributed by atoms with E-state index in [1.165, 1.54) is 29.5 Å². The van der Waals surface area contributed by atoms with Crippen LogP contribution in [0.5, 0.6) is 0 Å². The van der Waals surface area contributed by atoms with E-state index >= 15 is 0 Å². The highest BCUT2D eigenvalue weighted by molar-refractivity contribution is 7.17. The molecule has 4 rings (SSSR count). The number of fused-ring (bicyclic) bond motifs is 1. The Morgan fingerprint density at radius 2 is 1.77 bits per heavy atom. The summed E-state index contributed by atoms with van der Waals surface area (Å²) in [6.07, 6.45) is -4.40. The average Bonchev–Trinajstić information content (AvgIpc) is 3.29. The number of benzene rings is 2. The zero-order valence-electron chi connectivity index (χ0n) is 15.5. The van der Waals surface area contributed by atoms with Gasteiger partial charge in [-0.3, -0.25) is 4.79 Å². The Balaban J connectivity index is 1.59. The van der Waals surface area contributed by atoms with Crippen LogP contribution in [0.2, 0.25) is 0 Å². The molecule has 0 aliphatic heterocycles. The Kier molecular flexibility index (Phi) is 5.34. The molecule has 3 nitrogen and oxygen atoms in total. The van der Waals surface area contributed by atoms with Crippen molar-refractivity contribution in [3.8, 4) is 0 Å². The molecule has 0 fully saturated rings. The summed E-state index contributed by atoms with van der Waals surface area (Å²) in [5.41, 5.74) is 1.47. The minimum absolute atomic E-state index is 0.0324. The molecule has 0 saturated carbocycles. The highest BCUT2D eigenvalue weighted by Crippen LogP contribution is 2.30.